The van der Waals surface area contributed by atoms with E-state index in [4.69, 9.17) is 0 Å². The summed E-state index contributed by atoms with van der Waals surface area (Å²) in [7, 11) is 0. The number of hydrogen-bond acceptors (Lipinski definition) is 2. The van der Waals surface area contributed by atoms with Crippen molar-refractivity contribution in [1.29, 1.82) is 0 Å². The van der Waals surface area contributed by atoms with Gasteiger partial charge in [0.25, 0.3) is 0 Å². The Morgan fingerprint density at radius 2 is 1.86 bits per heavy atom. The Morgan fingerprint density at radius 1 is 1.29 bits per heavy atom. The molecule has 0 amide bonds. The van der Waals surface area contributed by atoms with Gasteiger partial charge in [0, 0.05) is 31.5 Å². The van der Waals surface area contributed by atoms with Crippen LogP contribution in [0.2, 0.25) is 0 Å². The van der Waals surface area contributed by atoms with Gasteiger partial charge in [0.05, 0.1) is 0 Å². The second-order valence-electron chi connectivity index (χ2n) is 5.81. The Morgan fingerprint density at radius 3 is 2.36 bits per heavy atom. The number of carbonyl (C=O) groups is 1. The van der Waals surface area contributed by atoms with Gasteiger partial charge in [0.1, 0.15) is 5.78 Å². The molecule has 2 nitrogen and oxygen atoms in total. The third-order valence-corrected chi connectivity index (χ3v) is 4.37. The highest BCUT2D eigenvalue weighted by molar-refractivity contribution is 5.80. The molecule has 3 fully saturated rings. The first kappa shape index (κ1) is 8.90. The van der Waals surface area contributed by atoms with Crippen LogP contribution in [-0.2, 0) is 4.79 Å². The van der Waals surface area contributed by atoms with E-state index in [2.05, 4.69) is 11.8 Å². The third-order valence-electron chi connectivity index (χ3n) is 4.37. The summed E-state index contributed by atoms with van der Waals surface area (Å²) in [5, 5.41) is 0. The van der Waals surface area contributed by atoms with Gasteiger partial charge in [-0.2, -0.15) is 0 Å². The summed E-state index contributed by atoms with van der Waals surface area (Å²) in [6.45, 7) is 3.65. The predicted molar refractivity (Wildman–Crippen MR) is 55.1 cm³/mol. The van der Waals surface area contributed by atoms with Crippen molar-refractivity contribution < 1.29 is 4.79 Å². The molecule has 3 rings (SSSR count). The number of fused-ring (bicyclic) bond motifs is 2. The predicted octanol–water partition coefficient (Wildman–Crippen LogP) is 1.98. The molecule has 0 radical (unpaired) electrons. The van der Waals surface area contributed by atoms with Crippen LogP contribution in [-0.4, -0.2) is 29.3 Å². The molecule has 2 heterocycles. The van der Waals surface area contributed by atoms with Crippen molar-refractivity contribution in [3.8, 4) is 0 Å². The van der Waals surface area contributed by atoms with E-state index in [1.54, 1.807) is 0 Å². The molecule has 0 N–H and O–H groups in total. The summed E-state index contributed by atoms with van der Waals surface area (Å²) >= 11 is 0. The van der Waals surface area contributed by atoms with E-state index in [1.165, 1.54) is 32.2 Å². The van der Waals surface area contributed by atoms with Crippen LogP contribution in [0, 0.1) is 5.41 Å². The van der Waals surface area contributed by atoms with Crippen LogP contribution in [0.1, 0.15) is 45.4 Å². The highest BCUT2D eigenvalue weighted by Gasteiger charge is 2.46. The smallest absolute Gasteiger partial charge is 0.136 e. The van der Waals surface area contributed by atoms with Gasteiger partial charge in [-0.05, 0) is 31.1 Å². The largest absolute Gasteiger partial charge is 0.300 e. The van der Waals surface area contributed by atoms with Crippen molar-refractivity contribution in [2.45, 2.75) is 57.5 Å². The van der Waals surface area contributed by atoms with Gasteiger partial charge in [0.2, 0.25) is 0 Å². The molecule has 1 saturated carbocycles. The molecular weight excluding hydrogens is 174 g/mol. The molecule has 78 valence electrons. The highest BCUT2D eigenvalue weighted by Crippen LogP contribution is 2.48. The van der Waals surface area contributed by atoms with Gasteiger partial charge in [0.15, 0.2) is 0 Å². The molecule has 3 aliphatic rings. The van der Waals surface area contributed by atoms with Crippen molar-refractivity contribution in [2.24, 2.45) is 5.41 Å². The second-order valence-corrected chi connectivity index (χ2v) is 5.81. The van der Waals surface area contributed by atoms with Gasteiger partial charge >= 0.3 is 0 Å². The average molecular weight is 193 g/mol. The van der Waals surface area contributed by atoms with E-state index in [0.29, 0.717) is 23.3 Å². The first-order valence-electron chi connectivity index (χ1n) is 5.94. The summed E-state index contributed by atoms with van der Waals surface area (Å²) in [5.41, 5.74) is 0.612. The SMILES string of the molecule is CC1(CN2C3CCC2CC(=O)C3)CC1. The Kier molecular flexibility index (Phi) is 1.79. The van der Waals surface area contributed by atoms with Gasteiger partial charge < -0.3 is 0 Å². The fraction of sp³-hybridized carbons (Fsp3) is 0.917. The van der Waals surface area contributed by atoms with E-state index in [0.717, 1.165) is 12.8 Å². The Balaban J connectivity index is 1.72. The molecule has 2 saturated heterocycles. The van der Waals surface area contributed by atoms with Crippen LogP contribution >= 0.6 is 0 Å². The van der Waals surface area contributed by atoms with Gasteiger partial charge in [-0.3, -0.25) is 9.69 Å². The minimum absolute atomic E-state index is 0.509. The molecule has 2 atom stereocenters. The van der Waals surface area contributed by atoms with Crippen LogP contribution in [0.5, 0.6) is 0 Å². The summed E-state index contributed by atoms with van der Waals surface area (Å²) in [6, 6.07) is 1.22. The molecule has 0 spiro atoms. The maximum atomic E-state index is 11.4. The molecular formula is C12H19NO. The van der Waals surface area contributed by atoms with Gasteiger partial charge in [-0.1, -0.05) is 6.92 Å². The van der Waals surface area contributed by atoms with E-state index in [-0.39, 0.29) is 0 Å². The van der Waals surface area contributed by atoms with Gasteiger partial charge in [-0.25, -0.2) is 0 Å². The highest BCUT2D eigenvalue weighted by atomic mass is 16.1. The lowest BCUT2D eigenvalue weighted by atomic mass is 9.99. The van der Waals surface area contributed by atoms with E-state index < -0.39 is 0 Å². The second kappa shape index (κ2) is 2.82. The zero-order valence-electron chi connectivity index (χ0n) is 8.96. The van der Waals surface area contributed by atoms with E-state index in [9.17, 15) is 4.79 Å². The molecule has 0 aromatic carbocycles. The van der Waals surface area contributed by atoms with Crippen LogP contribution in [0.15, 0.2) is 0 Å². The molecule has 2 aliphatic heterocycles. The van der Waals surface area contributed by atoms with Crippen LogP contribution < -0.4 is 0 Å². The number of Topliss-reactive ketones (excluding diaryl/α,β-unsaturated/α-hetero) is 1. The molecule has 2 heteroatoms. The maximum Gasteiger partial charge on any atom is 0.136 e. The fourth-order valence-electron chi connectivity index (χ4n) is 3.13. The lowest BCUT2D eigenvalue weighted by Crippen LogP contribution is -2.45. The van der Waals surface area contributed by atoms with Crippen molar-refractivity contribution in [2.75, 3.05) is 6.54 Å². The Hall–Kier alpha value is -0.370. The topological polar surface area (TPSA) is 20.3 Å². The van der Waals surface area contributed by atoms with Crippen LogP contribution in [0.3, 0.4) is 0 Å². The van der Waals surface area contributed by atoms with Crippen molar-refractivity contribution in [3.05, 3.63) is 0 Å². The standard InChI is InChI=1S/C12H19NO/c1-12(4-5-12)8-13-9-2-3-10(13)7-11(14)6-9/h9-10H,2-8H2,1H3. The summed E-state index contributed by atoms with van der Waals surface area (Å²) in [4.78, 5) is 14.1. The maximum absolute atomic E-state index is 11.4. The minimum Gasteiger partial charge on any atom is -0.300 e. The lowest BCUT2D eigenvalue weighted by molar-refractivity contribution is -0.123. The van der Waals surface area contributed by atoms with Crippen LogP contribution in [0.4, 0.5) is 0 Å². The lowest BCUT2D eigenvalue weighted by Gasteiger charge is -2.35. The fourth-order valence-corrected chi connectivity index (χ4v) is 3.13. The Bertz CT molecular complexity index is 253. The third kappa shape index (κ3) is 1.40. The van der Waals surface area contributed by atoms with Gasteiger partial charge in [-0.15, -0.1) is 0 Å². The van der Waals surface area contributed by atoms with E-state index >= 15 is 0 Å². The zero-order valence-corrected chi connectivity index (χ0v) is 8.96. The number of carbonyl (C=O) groups excluding carboxylic acids is 1. The molecule has 0 aromatic heterocycles. The molecule has 1 aliphatic carbocycles. The van der Waals surface area contributed by atoms with Crippen molar-refractivity contribution in [3.63, 3.8) is 0 Å². The molecule has 0 aromatic rings. The normalized spacial score (nSPS) is 40.2. The summed E-state index contributed by atoms with van der Waals surface area (Å²) < 4.78 is 0. The first-order chi connectivity index (χ1) is 6.66. The average Bonchev–Trinajstić information content (AvgIpc) is 2.80. The molecule has 14 heavy (non-hydrogen) atoms. The number of ketones is 1. The van der Waals surface area contributed by atoms with Crippen LogP contribution in [0.25, 0.3) is 0 Å². The van der Waals surface area contributed by atoms with Crippen molar-refractivity contribution in [1.82, 2.24) is 4.90 Å². The Labute approximate surface area is 85.7 Å². The van der Waals surface area contributed by atoms with Crippen molar-refractivity contribution >= 4 is 5.78 Å². The van der Waals surface area contributed by atoms with E-state index in [1.807, 2.05) is 0 Å². The number of hydrogen-bond donors (Lipinski definition) is 0. The number of piperidine rings is 1. The monoisotopic (exact) mass is 193 g/mol. The number of nitrogens with zero attached hydrogens (tertiary/aromatic N) is 1. The quantitative estimate of drug-likeness (QED) is 0.668. The first-order valence-corrected chi connectivity index (χ1v) is 5.94. The summed E-state index contributed by atoms with van der Waals surface area (Å²) in [5.74, 6) is 0.509. The number of rotatable bonds is 2. The molecule has 2 bridgehead atoms. The molecule has 2 unspecified atom stereocenters. The minimum atomic E-state index is 0.509. The summed E-state index contributed by atoms with van der Waals surface area (Å²) in [6.07, 6.45) is 7.02. The zero-order chi connectivity index (χ0) is 9.76.